The predicted molar refractivity (Wildman–Crippen MR) is 87.3 cm³/mol. The molecule has 1 N–H and O–H groups in total. The number of carbonyl (C=O) groups is 2. The van der Waals surface area contributed by atoms with Gasteiger partial charge in [-0.1, -0.05) is 12.8 Å². The molecule has 0 radical (unpaired) electrons. The molecule has 1 aliphatic carbocycles. The summed E-state index contributed by atoms with van der Waals surface area (Å²) in [5, 5.41) is 3.17. The van der Waals surface area contributed by atoms with Gasteiger partial charge in [0.1, 0.15) is 12.3 Å². The monoisotopic (exact) mass is 332 g/mol. The minimum atomic E-state index is -0.212. The molecule has 1 aromatic heterocycles. The van der Waals surface area contributed by atoms with Crippen molar-refractivity contribution in [2.75, 3.05) is 26.8 Å². The normalized spacial score (nSPS) is 19.8. The highest BCUT2D eigenvalue weighted by Gasteiger charge is 2.41. The number of rotatable bonds is 6. The van der Waals surface area contributed by atoms with Crippen molar-refractivity contribution in [1.82, 2.24) is 20.2 Å². The van der Waals surface area contributed by atoms with E-state index in [1.807, 2.05) is 0 Å². The van der Waals surface area contributed by atoms with E-state index in [0.29, 0.717) is 24.7 Å². The maximum atomic E-state index is 12.5. The van der Waals surface area contributed by atoms with Crippen LogP contribution in [-0.2, 0) is 9.53 Å². The number of piperidine rings is 1. The zero-order valence-electron chi connectivity index (χ0n) is 14.0. The van der Waals surface area contributed by atoms with E-state index >= 15 is 0 Å². The van der Waals surface area contributed by atoms with E-state index in [4.69, 9.17) is 4.74 Å². The molecule has 2 aliphatic rings. The van der Waals surface area contributed by atoms with Gasteiger partial charge >= 0.3 is 0 Å². The molecule has 1 saturated heterocycles. The van der Waals surface area contributed by atoms with Gasteiger partial charge in [0.05, 0.1) is 6.20 Å². The third-order valence-electron chi connectivity index (χ3n) is 4.85. The van der Waals surface area contributed by atoms with E-state index in [2.05, 4.69) is 15.3 Å². The summed E-state index contributed by atoms with van der Waals surface area (Å²) in [6, 6.07) is 0. The molecule has 3 rings (SSSR count). The molecule has 2 amide bonds. The van der Waals surface area contributed by atoms with E-state index in [0.717, 1.165) is 19.3 Å². The lowest BCUT2D eigenvalue weighted by Gasteiger charge is -2.42. The van der Waals surface area contributed by atoms with Crippen molar-refractivity contribution in [3.8, 4) is 0 Å². The van der Waals surface area contributed by atoms with Crippen LogP contribution < -0.4 is 5.32 Å². The first-order valence-corrected chi connectivity index (χ1v) is 8.47. The highest BCUT2D eigenvalue weighted by atomic mass is 16.5. The molecule has 0 atom stereocenters. The van der Waals surface area contributed by atoms with Crippen LogP contribution in [0.3, 0.4) is 0 Å². The van der Waals surface area contributed by atoms with Crippen molar-refractivity contribution in [2.24, 2.45) is 5.92 Å². The molecule has 1 saturated carbocycles. The highest BCUT2D eigenvalue weighted by molar-refractivity contribution is 5.92. The Hall–Kier alpha value is -2.02. The van der Waals surface area contributed by atoms with E-state index < -0.39 is 0 Å². The first kappa shape index (κ1) is 16.8. The third-order valence-corrected chi connectivity index (χ3v) is 4.85. The standard InChI is InChI=1S/C17H24N4O3/c1-24-12-15(22)20-17(10-13-2-3-13)4-8-21(9-5-17)16(23)14-11-18-6-7-19-14/h6-7,11,13H,2-5,8-10,12H2,1H3,(H,20,22). The lowest BCUT2D eigenvalue weighted by Crippen LogP contribution is -2.57. The summed E-state index contributed by atoms with van der Waals surface area (Å²) in [5.41, 5.74) is 0.159. The Kier molecular flexibility index (Phi) is 5.08. The van der Waals surface area contributed by atoms with Crippen LogP contribution in [0.1, 0.15) is 42.6 Å². The number of hydrogen-bond acceptors (Lipinski definition) is 5. The summed E-state index contributed by atoms with van der Waals surface area (Å²) < 4.78 is 4.94. The molecule has 1 aliphatic heterocycles. The Labute approximate surface area is 141 Å². The summed E-state index contributed by atoms with van der Waals surface area (Å²) in [7, 11) is 1.52. The van der Waals surface area contributed by atoms with Crippen molar-refractivity contribution in [2.45, 2.75) is 37.6 Å². The first-order valence-electron chi connectivity index (χ1n) is 8.47. The molecule has 0 aromatic carbocycles. The molecule has 0 bridgehead atoms. The third kappa shape index (κ3) is 4.08. The molecule has 24 heavy (non-hydrogen) atoms. The van der Waals surface area contributed by atoms with Gasteiger partial charge in [-0.25, -0.2) is 4.98 Å². The van der Waals surface area contributed by atoms with E-state index in [1.165, 1.54) is 32.3 Å². The van der Waals surface area contributed by atoms with Crippen molar-refractivity contribution in [3.05, 3.63) is 24.3 Å². The summed E-state index contributed by atoms with van der Waals surface area (Å²) in [4.78, 5) is 34.3. The molecule has 0 unspecified atom stereocenters. The Bertz CT molecular complexity index is 581. The Morgan fingerprint density at radius 2 is 2.08 bits per heavy atom. The van der Waals surface area contributed by atoms with Crippen LogP contribution >= 0.6 is 0 Å². The minimum absolute atomic E-state index is 0.0770. The van der Waals surface area contributed by atoms with Crippen LogP contribution in [0, 0.1) is 5.92 Å². The Morgan fingerprint density at radius 1 is 1.33 bits per heavy atom. The average molecular weight is 332 g/mol. The van der Waals surface area contributed by atoms with Gasteiger partial charge in [-0.3, -0.25) is 14.6 Å². The largest absolute Gasteiger partial charge is 0.375 e. The average Bonchev–Trinajstić information content (AvgIpc) is 3.39. The van der Waals surface area contributed by atoms with Crippen LogP contribution in [0.15, 0.2) is 18.6 Å². The fourth-order valence-corrected chi connectivity index (χ4v) is 3.43. The van der Waals surface area contributed by atoms with Crippen molar-refractivity contribution >= 4 is 11.8 Å². The number of amides is 2. The molecule has 7 heteroatoms. The Balaban J connectivity index is 1.63. The molecule has 2 fully saturated rings. The van der Waals surface area contributed by atoms with E-state index in [1.54, 1.807) is 11.1 Å². The molecule has 2 heterocycles. The second-order valence-corrected chi connectivity index (χ2v) is 6.79. The smallest absolute Gasteiger partial charge is 0.274 e. The molecule has 0 spiro atoms. The molecular weight excluding hydrogens is 308 g/mol. The number of hydrogen-bond donors (Lipinski definition) is 1. The van der Waals surface area contributed by atoms with Crippen molar-refractivity contribution in [3.63, 3.8) is 0 Å². The van der Waals surface area contributed by atoms with Crippen LogP contribution in [-0.4, -0.2) is 59.0 Å². The van der Waals surface area contributed by atoms with E-state index in [9.17, 15) is 9.59 Å². The second kappa shape index (κ2) is 7.25. The Morgan fingerprint density at radius 3 is 2.67 bits per heavy atom. The summed E-state index contributed by atoms with van der Waals surface area (Å²) in [6.07, 6.45) is 9.59. The highest BCUT2D eigenvalue weighted by Crippen LogP contribution is 2.40. The van der Waals surface area contributed by atoms with Gasteiger partial charge in [-0.15, -0.1) is 0 Å². The van der Waals surface area contributed by atoms with Crippen molar-refractivity contribution < 1.29 is 14.3 Å². The number of likely N-dealkylation sites (tertiary alicyclic amines) is 1. The fourth-order valence-electron chi connectivity index (χ4n) is 3.43. The lowest BCUT2D eigenvalue weighted by atomic mass is 9.82. The van der Waals surface area contributed by atoms with Crippen molar-refractivity contribution in [1.29, 1.82) is 0 Å². The topological polar surface area (TPSA) is 84.4 Å². The number of carbonyl (C=O) groups excluding carboxylic acids is 2. The summed E-state index contributed by atoms with van der Waals surface area (Å²) in [6.45, 7) is 1.32. The quantitative estimate of drug-likeness (QED) is 0.840. The number of nitrogens with one attached hydrogen (secondary N) is 1. The number of nitrogens with zero attached hydrogens (tertiary/aromatic N) is 3. The number of methoxy groups -OCH3 is 1. The summed E-state index contributed by atoms with van der Waals surface area (Å²) in [5.74, 6) is 0.535. The molecular formula is C17H24N4O3. The van der Waals surface area contributed by atoms with Gasteiger partial charge in [0.25, 0.3) is 5.91 Å². The summed E-state index contributed by atoms with van der Waals surface area (Å²) >= 11 is 0. The second-order valence-electron chi connectivity index (χ2n) is 6.79. The maximum Gasteiger partial charge on any atom is 0.274 e. The molecule has 130 valence electrons. The van der Waals surface area contributed by atoms with Gasteiger partial charge in [-0.2, -0.15) is 0 Å². The maximum absolute atomic E-state index is 12.5. The van der Waals surface area contributed by atoms with Gasteiger partial charge in [0, 0.05) is 38.1 Å². The van der Waals surface area contributed by atoms with Crippen LogP contribution in [0.25, 0.3) is 0 Å². The van der Waals surface area contributed by atoms with E-state index in [-0.39, 0.29) is 24.0 Å². The van der Waals surface area contributed by atoms with Crippen LogP contribution in [0.2, 0.25) is 0 Å². The number of aromatic nitrogens is 2. The van der Waals surface area contributed by atoms with Crippen LogP contribution in [0.5, 0.6) is 0 Å². The minimum Gasteiger partial charge on any atom is -0.375 e. The SMILES string of the molecule is COCC(=O)NC1(CC2CC2)CCN(C(=O)c2cnccn2)CC1. The first-order chi connectivity index (χ1) is 11.6. The molecule has 1 aromatic rings. The fraction of sp³-hybridized carbons (Fsp3) is 0.647. The zero-order valence-corrected chi connectivity index (χ0v) is 14.0. The zero-order chi connectivity index (χ0) is 17.0. The van der Waals surface area contributed by atoms with Crippen LogP contribution in [0.4, 0.5) is 0 Å². The van der Waals surface area contributed by atoms with Gasteiger partial charge in [0.2, 0.25) is 5.91 Å². The van der Waals surface area contributed by atoms with Gasteiger partial charge in [-0.05, 0) is 25.2 Å². The number of ether oxygens (including phenoxy) is 1. The van der Waals surface area contributed by atoms with Gasteiger partial charge in [0.15, 0.2) is 0 Å². The molecule has 7 nitrogen and oxygen atoms in total. The predicted octanol–water partition coefficient (Wildman–Crippen LogP) is 1.01. The lowest BCUT2D eigenvalue weighted by molar-refractivity contribution is -0.127. The van der Waals surface area contributed by atoms with Gasteiger partial charge < -0.3 is 15.0 Å².